The molecule has 0 bridgehead atoms. The minimum Gasteiger partial charge on any atom is -0.228 e. The Bertz CT molecular complexity index is 3720. The molecule has 320 valence electrons. The van der Waals surface area contributed by atoms with Crippen LogP contribution in [-0.4, -0.2) is 9.97 Å². The van der Waals surface area contributed by atoms with Crippen molar-refractivity contribution in [3.8, 4) is 78.4 Å². The van der Waals surface area contributed by atoms with Gasteiger partial charge in [0, 0.05) is 22.1 Å². The summed E-state index contributed by atoms with van der Waals surface area (Å²) in [5.74, 6) is 0.711. The molecule has 10 aromatic carbocycles. The minimum atomic E-state index is -0.460. The minimum absolute atomic E-state index is 0.122. The highest BCUT2D eigenvalue weighted by Gasteiger charge is 2.46. The number of benzene rings is 10. The molecule has 0 saturated carbocycles. The molecule has 2 aliphatic carbocycles. The number of fused-ring (bicyclic) bond motifs is 7. The van der Waals surface area contributed by atoms with Crippen LogP contribution in [0.15, 0.2) is 243 Å². The summed E-state index contributed by atoms with van der Waals surface area (Å²) < 4.78 is 0. The third kappa shape index (κ3) is 6.04. The highest BCUT2D eigenvalue weighted by molar-refractivity contribution is 6.05. The molecular formula is C66H46N2. The zero-order valence-electron chi connectivity index (χ0n) is 38.0. The van der Waals surface area contributed by atoms with Gasteiger partial charge in [-0.05, 0) is 107 Å². The lowest BCUT2D eigenvalue weighted by atomic mass is 9.67. The highest BCUT2D eigenvalue weighted by Crippen LogP contribution is 2.58. The number of rotatable bonds is 7. The molecule has 0 aliphatic heterocycles. The van der Waals surface area contributed by atoms with Crippen molar-refractivity contribution < 1.29 is 0 Å². The van der Waals surface area contributed by atoms with Crippen LogP contribution in [0.4, 0.5) is 0 Å². The summed E-state index contributed by atoms with van der Waals surface area (Å²) in [7, 11) is 0. The standard InChI is InChI=1S/C66H46N2/c1-65(2)57-33-16-14-30-53(57)54-37-36-46(41-60(54)65)61-42-62(68-64(67-61)43-20-6-3-7-21-43)55-39-38-49(51-28-12-13-29-52(51)55)44-22-18-23-45(40-44)50-32-19-35-59-63(50)56-31-15-17-34-58(56)66(59,47-24-8-4-9-25-47)48-26-10-5-11-27-48/h3-42H,1-2H3. The van der Waals surface area contributed by atoms with Crippen molar-refractivity contribution in [2.45, 2.75) is 24.7 Å². The lowest BCUT2D eigenvalue weighted by molar-refractivity contribution is 0.660. The lowest BCUT2D eigenvalue weighted by Gasteiger charge is -2.34. The van der Waals surface area contributed by atoms with E-state index in [9.17, 15) is 0 Å². The van der Waals surface area contributed by atoms with Crippen molar-refractivity contribution in [2.24, 2.45) is 0 Å². The molecule has 0 radical (unpaired) electrons. The second-order valence-corrected chi connectivity index (χ2v) is 18.8. The Morgan fingerprint density at radius 1 is 0.294 bits per heavy atom. The van der Waals surface area contributed by atoms with E-state index in [1.165, 1.54) is 83.3 Å². The number of aromatic nitrogens is 2. The van der Waals surface area contributed by atoms with Gasteiger partial charge in [-0.15, -0.1) is 0 Å². The molecule has 1 heterocycles. The Morgan fingerprint density at radius 2 is 0.794 bits per heavy atom. The van der Waals surface area contributed by atoms with Crippen molar-refractivity contribution in [2.75, 3.05) is 0 Å². The van der Waals surface area contributed by atoms with E-state index in [4.69, 9.17) is 9.97 Å². The van der Waals surface area contributed by atoms with Gasteiger partial charge in [0.15, 0.2) is 5.82 Å². The summed E-state index contributed by atoms with van der Waals surface area (Å²) in [6, 6.07) is 88.7. The molecule has 68 heavy (non-hydrogen) atoms. The third-order valence-corrected chi connectivity index (χ3v) is 14.8. The van der Waals surface area contributed by atoms with Crippen LogP contribution in [0.25, 0.3) is 89.2 Å². The summed E-state index contributed by atoms with van der Waals surface area (Å²) in [6.45, 7) is 4.67. The van der Waals surface area contributed by atoms with Gasteiger partial charge >= 0.3 is 0 Å². The Hall–Kier alpha value is -8.46. The van der Waals surface area contributed by atoms with Crippen LogP contribution >= 0.6 is 0 Å². The van der Waals surface area contributed by atoms with Gasteiger partial charge in [-0.2, -0.15) is 0 Å². The van der Waals surface area contributed by atoms with Crippen LogP contribution < -0.4 is 0 Å². The first-order chi connectivity index (χ1) is 33.5. The molecule has 0 N–H and O–H groups in total. The number of nitrogens with zero attached hydrogens (tertiary/aromatic N) is 2. The predicted molar refractivity (Wildman–Crippen MR) is 282 cm³/mol. The Balaban J connectivity index is 0.950. The van der Waals surface area contributed by atoms with Crippen LogP contribution in [0, 0.1) is 0 Å². The van der Waals surface area contributed by atoms with Crippen LogP contribution in [0.2, 0.25) is 0 Å². The van der Waals surface area contributed by atoms with Crippen molar-refractivity contribution >= 4 is 10.8 Å². The first kappa shape index (κ1) is 39.9. The van der Waals surface area contributed by atoms with E-state index >= 15 is 0 Å². The molecular weight excluding hydrogens is 821 g/mol. The van der Waals surface area contributed by atoms with Crippen LogP contribution in [0.5, 0.6) is 0 Å². The van der Waals surface area contributed by atoms with Gasteiger partial charge in [0.05, 0.1) is 16.8 Å². The van der Waals surface area contributed by atoms with Crippen LogP contribution in [0.1, 0.15) is 47.2 Å². The summed E-state index contributed by atoms with van der Waals surface area (Å²) in [5.41, 5.74) is 22.2. The number of hydrogen-bond donors (Lipinski definition) is 0. The smallest absolute Gasteiger partial charge is 0.160 e. The zero-order chi connectivity index (χ0) is 45.4. The fourth-order valence-electron chi connectivity index (χ4n) is 11.7. The molecule has 1 aromatic heterocycles. The highest BCUT2D eigenvalue weighted by atomic mass is 14.9. The second-order valence-electron chi connectivity index (χ2n) is 18.8. The van der Waals surface area contributed by atoms with Crippen LogP contribution in [0.3, 0.4) is 0 Å². The maximum absolute atomic E-state index is 5.34. The first-order valence-electron chi connectivity index (χ1n) is 23.6. The van der Waals surface area contributed by atoms with E-state index in [0.29, 0.717) is 5.82 Å². The molecule has 2 aliphatic rings. The average molecular weight is 867 g/mol. The molecule has 0 atom stereocenters. The summed E-state index contributed by atoms with van der Waals surface area (Å²) in [4.78, 5) is 10.6. The molecule has 0 amide bonds. The van der Waals surface area contributed by atoms with E-state index in [1.807, 2.05) is 6.07 Å². The van der Waals surface area contributed by atoms with E-state index in [1.54, 1.807) is 0 Å². The molecule has 2 heteroatoms. The number of hydrogen-bond acceptors (Lipinski definition) is 2. The van der Waals surface area contributed by atoms with Crippen molar-refractivity contribution in [1.82, 2.24) is 9.97 Å². The summed E-state index contributed by atoms with van der Waals surface area (Å²) in [5, 5.41) is 2.33. The van der Waals surface area contributed by atoms with Gasteiger partial charge in [-0.1, -0.05) is 238 Å². The Labute approximate surface area is 398 Å². The van der Waals surface area contributed by atoms with Crippen molar-refractivity contribution in [3.05, 3.63) is 276 Å². The maximum atomic E-state index is 5.34. The lowest BCUT2D eigenvalue weighted by Crippen LogP contribution is -2.28. The average Bonchev–Trinajstić information content (AvgIpc) is 3.84. The molecule has 13 rings (SSSR count). The summed E-state index contributed by atoms with van der Waals surface area (Å²) in [6.07, 6.45) is 0. The van der Waals surface area contributed by atoms with E-state index in [2.05, 4.69) is 250 Å². The predicted octanol–water partition coefficient (Wildman–Crippen LogP) is 16.6. The first-order valence-corrected chi connectivity index (χ1v) is 23.6. The monoisotopic (exact) mass is 866 g/mol. The maximum Gasteiger partial charge on any atom is 0.160 e. The van der Waals surface area contributed by atoms with Gasteiger partial charge < -0.3 is 0 Å². The molecule has 2 nitrogen and oxygen atoms in total. The molecule has 0 saturated heterocycles. The largest absolute Gasteiger partial charge is 0.228 e. The molecule has 0 spiro atoms. The topological polar surface area (TPSA) is 25.8 Å². The van der Waals surface area contributed by atoms with E-state index in [0.717, 1.165) is 33.5 Å². The van der Waals surface area contributed by atoms with Gasteiger partial charge in [-0.25, -0.2) is 9.97 Å². The zero-order valence-corrected chi connectivity index (χ0v) is 38.0. The third-order valence-electron chi connectivity index (χ3n) is 14.8. The Kier molecular flexibility index (Phi) is 9.13. The normalized spacial score (nSPS) is 13.7. The van der Waals surface area contributed by atoms with Gasteiger partial charge in [-0.3, -0.25) is 0 Å². The van der Waals surface area contributed by atoms with E-state index in [-0.39, 0.29) is 5.41 Å². The molecule has 0 unspecified atom stereocenters. The Morgan fingerprint density at radius 3 is 1.53 bits per heavy atom. The molecule has 0 fully saturated rings. The van der Waals surface area contributed by atoms with Crippen molar-refractivity contribution in [3.63, 3.8) is 0 Å². The van der Waals surface area contributed by atoms with Gasteiger partial charge in [0.1, 0.15) is 0 Å². The molecule has 11 aromatic rings. The SMILES string of the molecule is CC1(C)c2ccccc2-c2ccc(-c3cc(-c4ccc(-c5cccc(-c6cccc7c6-c6ccccc6C7(c6ccccc6)c6ccccc6)c5)c5ccccc45)nc(-c4ccccc4)n3)cc21. The van der Waals surface area contributed by atoms with E-state index < -0.39 is 5.41 Å². The fourth-order valence-corrected chi connectivity index (χ4v) is 11.7. The summed E-state index contributed by atoms with van der Waals surface area (Å²) >= 11 is 0. The fraction of sp³-hybridized carbons (Fsp3) is 0.0606. The second kappa shape index (κ2) is 15.6. The van der Waals surface area contributed by atoms with Gasteiger partial charge in [0.25, 0.3) is 0 Å². The van der Waals surface area contributed by atoms with Crippen LogP contribution in [-0.2, 0) is 10.8 Å². The van der Waals surface area contributed by atoms with Gasteiger partial charge in [0.2, 0.25) is 0 Å². The quantitative estimate of drug-likeness (QED) is 0.159. The van der Waals surface area contributed by atoms with Crippen molar-refractivity contribution in [1.29, 1.82) is 0 Å².